The molecule has 6 heteroatoms. The lowest BCUT2D eigenvalue weighted by Crippen LogP contribution is -2.35. The number of methoxy groups -OCH3 is 1. The van der Waals surface area contributed by atoms with E-state index in [0.29, 0.717) is 34.0 Å². The van der Waals surface area contributed by atoms with Crippen LogP contribution in [0, 0.1) is 0 Å². The molecule has 2 rings (SSSR count). The number of likely N-dealkylation sites (tertiary alicyclic amines) is 1. The molecule has 0 bridgehead atoms. The van der Waals surface area contributed by atoms with Crippen LogP contribution in [0.4, 0.5) is 5.69 Å². The molecule has 0 aliphatic carbocycles. The largest absolute Gasteiger partial charge is 0.495 e. The summed E-state index contributed by atoms with van der Waals surface area (Å²) in [6, 6.07) is 0. The van der Waals surface area contributed by atoms with Gasteiger partial charge in [0.05, 0.1) is 17.8 Å². The Kier molecular flexibility index (Phi) is 6.96. The maximum atomic E-state index is 12.0. The van der Waals surface area contributed by atoms with Gasteiger partial charge < -0.3 is 20.5 Å². The number of rotatable bonds is 7. The van der Waals surface area contributed by atoms with Crippen LogP contribution in [0.15, 0.2) is 0 Å². The van der Waals surface area contributed by atoms with Crippen molar-refractivity contribution >= 4 is 23.3 Å². The van der Waals surface area contributed by atoms with E-state index in [1.165, 1.54) is 7.11 Å². The van der Waals surface area contributed by atoms with Crippen molar-refractivity contribution in [3.05, 3.63) is 21.7 Å². The Morgan fingerprint density at radius 2 is 2.16 bits per heavy atom. The number of hydrogen-bond acceptors (Lipinski definition) is 4. The summed E-state index contributed by atoms with van der Waals surface area (Å²) in [5.41, 5.74) is 8.19. The molecular weight excluding hydrogens is 340 g/mol. The monoisotopic (exact) mass is 368 g/mol. The van der Waals surface area contributed by atoms with Crippen LogP contribution in [0.5, 0.6) is 5.75 Å². The zero-order valence-corrected chi connectivity index (χ0v) is 16.2. The molecule has 140 valence electrons. The Hall–Kier alpha value is -1.46. The molecule has 3 N–H and O–H groups in total. The summed E-state index contributed by atoms with van der Waals surface area (Å²) in [7, 11) is 1.49. The highest BCUT2D eigenvalue weighted by Crippen LogP contribution is 2.44. The van der Waals surface area contributed by atoms with E-state index in [-0.39, 0.29) is 11.5 Å². The van der Waals surface area contributed by atoms with Gasteiger partial charge in [0.2, 0.25) is 0 Å². The van der Waals surface area contributed by atoms with Gasteiger partial charge >= 0.3 is 5.97 Å². The van der Waals surface area contributed by atoms with Gasteiger partial charge in [-0.15, -0.1) is 0 Å². The summed E-state index contributed by atoms with van der Waals surface area (Å²) < 4.78 is 5.45. The quantitative estimate of drug-likeness (QED) is 0.706. The normalized spacial score (nSPS) is 18.3. The second kappa shape index (κ2) is 8.77. The topological polar surface area (TPSA) is 75.8 Å². The number of aromatic carboxylic acids is 1. The third-order valence-electron chi connectivity index (χ3n) is 5.08. The Bertz CT molecular complexity index is 634. The molecule has 0 saturated carbocycles. The molecule has 0 radical (unpaired) electrons. The molecule has 0 aromatic heterocycles. The average molecular weight is 369 g/mol. The minimum absolute atomic E-state index is 0.0614. The maximum Gasteiger partial charge on any atom is 0.339 e. The molecule has 1 fully saturated rings. The van der Waals surface area contributed by atoms with Crippen LogP contribution in [0.2, 0.25) is 5.02 Å². The molecule has 1 heterocycles. The number of carboxylic acids is 1. The number of nitrogen functional groups attached to an aromatic ring is 1. The smallest absolute Gasteiger partial charge is 0.339 e. The summed E-state index contributed by atoms with van der Waals surface area (Å²) in [4.78, 5) is 14.4. The molecule has 1 aliphatic heterocycles. The van der Waals surface area contributed by atoms with E-state index in [1.54, 1.807) is 0 Å². The number of hydrogen-bond donors (Lipinski definition) is 2. The molecule has 25 heavy (non-hydrogen) atoms. The number of benzene rings is 1. The lowest BCUT2D eigenvalue weighted by atomic mass is 9.85. The molecule has 5 nitrogen and oxygen atoms in total. The maximum absolute atomic E-state index is 12.0. The minimum Gasteiger partial charge on any atom is -0.495 e. The lowest BCUT2D eigenvalue weighted by Gasteiger charge is -2.34. The third kappa shape index (κ3) is 4.04. The molecular formula is C19H29ClN2O3. The Labute approximate surface area is 155 Å². The summed E-state index contributed by atoms with van der Waals surface area (Å²) in [6.07, 6.45) is 4.81. The van der Waals surface area contributed by atoms with Crippen LogP contribution in [0.3, 0.4) is 0 Å². The van der Waals surface area contributed by atoms with Crippen LogP contribution in [0.1, 0.15) is 66.9 Å². The number of carbonyl (C=O) groups is 1. The standard InChI is InChI=1S/C19H29ClN2O3/c1-4-6-9-22-10-7-8-12(11-22)14-15(19(23)24)18(25-3)13(5-2)17(21)16(14)20/h12H,4-11,21H2,1-3H3,(H,23,24). The van der Waals surface area contributed by atoms with Crippen molar-refractivity contribution in [3.8, 4) is 5.75 Å². The third-order valence-corrected chi connectivity index (χ3v) is 5.49. The SMILES string of the molecule is CCCCN1CCCC(c2c(Cl)c(N)c(CC)c(OC)c2C(=O)O)C1. The van der Waals surface area contributed by atoms with Gasteiger partial charge in [-0.2, -0.15) is 0 Å². The summed E-state index contributed by atoms with van der Waals surface area (Å²) >= 11 is 6.58. The van der Waals surface area contributed by atoms with Crippen LogP contribution in [0.25, 0.3) is 0 Å². The number of piperidine rings is 1. The van der Waals surface area contributed by atoms with E-state index in [9.17, 15) is 9.90 Å². The molecule has 0 spiro atoms. The molecule has 1 aromatic carbocycles. The van der Waals surface area contributed by atoms with Gasteiger partial charge in [0, 0.05) is 12.1 Å². The summed E-state index contributed by atoms with van der Waals surface area (Å²) in [5.74, 6) is -0.585. The molecule has 1 aliphatic rings. The molecule has 1 saturated heterocycles. The Balaban J connectivity index is 2.52. The van der Waals surface area contributed by atoms with Crippen molar-refractivity contribution in [2.75, 3.05) is 32.5 Å². The Morgan fingerprint density at radius 1 is 1.44 bits per heavy atom. The summed E-state index contributed by atoms with van der Waals surface area (Å²) in [5, 5.41) is 10.2. The highest BCUT2D eigenvalue weighted by atomic mass is 35.5. The zero-order valence-electron chi connectivity index (χ0n) is 15.4. The predicted molar refractivity (Wildman–Crippen MR) is 102 cm³/mol. The molecule has 0 amide bonds. The number of nitrogens with zero attached hydrogens (tertiary/aromatic N) is 1. The first-order valence-corrected chi connectivity index (χ1v) is 9.47. The second-order valence-corrected chi connectivity index (χ2v) is 7.06. The average Bonchev–Trinajstić information content (AvgIpc) is 2.61. The first kappa shape index (κ1) is 19.9. The van der Waals surface area contributed by atoms with Gasteiger partial charge in [0.15, 0.2) is 0 Å². The van der Waals surface area contributed by atoms with Crippen LogP contribution in [-0.4, -0.2) is 42.7 Å². The Morgan fingerprint density at radius 3 is 2.72 bits per heavy atom. The van der Waals surface area contributed by atoms with Crippen LogP contribution in [-0.2, 0) is 6.42 Å². The fourth-order valence-electron chi connectivity index (χ4n) is 3.83. The highest BCUT2D eigenvalue weighted by Gasteiger charge is 2.32. The zero-order chi connectivity index (χ0) is 18.6. The fourth-order valence-corrected chi connectivity index (χ4v) is 4.19. The van der Waals surface area contributed by atoms with Gasteiger partial charge in [-0.25, -0.2) is 4.79 Å². The van der Waals surface area contributed by atoms with Crippen molar-refractivity contribution in [1.82, 2.24) is 4.90 Å². The second-order valence-electron chi connectivity index (χ2n) is 6.68. The van der Waals surface area contributed by atoms with Gasteiger partial charge in [0.25, 0.3) is 0 Å². The van der Waals surface area contributed by atoms with Gasteiger partial charge in [0.1, 0.15) is 11.3 Å². The number of ether oxygens (including phenoxy) is 1. The number of anilines is 1. The lowest BCUT2D eigenvalue weighted by molar-refractivity contribution is 0.0690. The van der Waals surface area contributed by atoms with E-state index < -0.39 is 5.97 Å². The van der Waals surface area contributed by atoms with Crippen molar-refractivity contribution in [3.63, 3.8) is 0 Å². The van der Waals surface area contributed by atoms with E-state index in [1.807, 2.05) is 6.92 Å². The van der Waals surface area contributed by atoms with E-state index >= 15 is 0 Å². The number of unbranched alkanes of at least 4 members (excludes halogenated alkanes) is 1. The predicted octanol–water partition coefficient (Wildman–Crippen LogP) is 4.17. The van der Waals surface area contributed by atoms with Crippen molar-refractivity contribution < 1.29 is 14.6 Å². The number of nitrogens with two attached hydrogens (primary N) is 1. The summed E-state index contributed by atoms with van der Waals surface area (Å²) in [6.45, 7) is 7.00. The van der Waals surface area contributed by atoms with Crippen LogP contribution < -0.4 is 10.5 Å². The van der Waals surface area contributed by atoms with Gasteiger partial charge in [-0.3, -0.25) is 0 Å². The van der Waals surface area contributed by atoms with E-state index in [4.69, 9.17) is 22.1 Å². The number of carboxylic acid groups (broad SMARTS) is 1. The first-order chi connectivity index (χ1) is 12.0. The van der Waals surface area contributed by atoms with Crippen molar-refractivity contribution in [2.45, 2.75) is 51.9 Å². The molecule has 1 atom stereocenters. The number of halogens is 1. The van der Waals surface area contributed by atoms with Gasteiger partial charge in [-0.05, 0) is 50.3 Å². The van der Waals surface area contributed by atoms with Crippen LogP contribution >= 0.6 is 11.6 Å². The van der Waals surface area contributed by atoms with Crippen molar-refractivity contribution in [1.29, 1.82) is 0 Å². The highest BCUT2D eigenvalue weighted by molar-refractivity contribution is 6.35. The molecule has 1 unspecified atom stereocenters. The van der Waals surface area contributed by atoms with Gasteiger partial charge in [-0.1, -0.05) is 31.9 Å². The fraction of sp³-hybridized carbons (Fsp3) is 0.632. The van der Waals surface area contributed by atoms with E-state index in [2.05, 4.69) is 11.8 Å². The first-order valence-electron chi connectivity index (χ1n) is 9.09. The molecule has 1 aromatic rings. The van der Waals surface area contributed by atoms with Crippen molar-refractivity contribution in [2.24, 2.45) is 0 Å². The minimum atomic E-state index is -1.01. The van der Waals surface area contributed by atoms with E-state index in [0.717, 1.165) is 45.3 Å².